The van der Waals surface area contributed by atoms with E-state index < -0.39 is 0 Å². The Hall–Kier alpha value is -1.58. The molecule has 1 heterocycles. The van der Waals surface area contributed by atoms with Crippen molar-refractivity contribution in [3.8, 4) is 0 Å². The first-order valence-electron chi connectivity index (χ1n) is 6.73. The fourth-order valence-corrected chi connectivity index (χ4v) is 4.56. The number of allylic oxidation sites excluding steroid dienone is 1. The van der Waals surface area contributed by atoms with Crippen LogP contribution in [0.4, 0.5) is 0 Å². The molecule has 19 heavy (non-hydrogen) atoms. The second-order valence-corrected chi connectivity index (χ2v) is 5.97. The minimum Gasteiger partial charge on any atom is -0.498 e. The molecule has 5 atom stereocenters. The predicted molar refractivity (Wildman–Crippen MR) is 70.7 cm³/mol. The molecule has 2 bridgehead atoms. The molecule has 0 radical (unpaired) electrons. The van der Waals surface area contributed by atoms with Gasteiger partial charge in [-0.2, -0.15) is 0 Å². The minimum absolute atomic E-state index is 0.0307. The number of rotatable bonds is 5. The molecule has 0 aromatic rings. The molecule has 1 N–H and O–H groups in total. The molecular formula is C15H19NO3. The normalized spacial score (nSPS) is 42.6. The van der Waals surface area contributed by atoms with Crippen molar-refractivity contribution in [2.45, 2.75) is 25.4 Å². The van der Waals surface area contributed by atoms with Crippen molar-refractivity contribution in [2.24, 2.45) is 23.2 Å². The molecule has 5 unspecified atom stereocenters. The van der Waals surface area contributed by atoms with Crippen LogP contribution in [0, 0.1) is 28.6 Å². The average Bonchev–Trinajstić information content (AvgIpc) is 3.01. The molecule has 4 nitrogen and oxygen atoms in total. The van der Waals surface area contributed by atoms with Crippen LogP contribution in [0.1, 0.15) is 19.3 Å². The molecule has 0 spiro atoms. The zero-order valence-corrected chi connectivity index (χ0v) is 10.9. The molecule has 4 heteroatoms. The van der Waals surface area contributed by atoms with Crippen molar-refractivity contribution >= 4 is 12.2 Å². The van der Waals surface area contributed by atoms with Gasteiger partial charge in [-0.05, 0) is 30.8 Å². The van der Waals surface area contributed by atoms with Gasteiger partial charge in [0, 0.05) is 17.5 Å². The second kappa shape index (κ2) is 4.22. The quantitative estimate of drug-likeness (QED) is 0.469. The van der Waals surface area contributed by atoms with E-state index in [1.54, 1.807) is 0 Å². The number of cyclic esters (lactones) is 1. The van der Waals surface area contributed by atoms with Crippen molar-refractivity contribution in [3.63, 3.8) is 0 Å². The van der Waals surface area contributed by atoms with Crippen LogP contribution in [0.15, 0.2) is 25.0 Å². The van der Waals surface area contributed by atoms with Crippen molar-refractivity contribution in [2.75, 3.05) is 6.61 Å². The SMILES string of the molecule is C=COC1CC2CC1(CC(=C)C=N)C1COC(=O)C21. The third-order valence-electron chi connectivity index (χ3n) is 5.18. The van der Waals surface area contributed by atoms with Gasteiger partial charge < -0.3 is 14.9 Å². The topological polar surface area (TPSA) is 59.4 Å². The van der Waals surface area contributed by atoms with E-state index in [0.717, 1.165) is 18.4 Å². The van der Waals surface area contributed by atoms with Crippen molar-refractivity contribution in [1.29, 1.82) is 5.41 Å². The molecule has 0 aromatic heterocycles. The zero-order valence-electron chi connectivity index (χ0n) is 10.9. The smallest absolute Gasteiger partial charge is 0.309 e. The van der Waals surface area contributed by atoms with Gasteiger partial charge in [0.2, 0.25) is 0 Å². The van der Waals surface area contributed by atoms with Crippen LogP contribution >= 0.6 is 0 Å². The van der Waals surface area contributed by atoms with Gasteiger partial charge in [-0.3, -0.25) is 4.79 Å². The summed E-state index contributed by atoms with van der Waals surface area (Å²) in [6.45, 7) is 8.07. The Balaban J connectivity index is 1.94. The van der Waals surface area contributed by atoms with Crippen LogP contribution in [-0.4, -0.2) is 24.9 Å². The third kappa shape index (κ3) is 1.58. The monoisotopic (exact) mass is 261 g/mol. The molecule has 3 rings (SSSR count). The highest BCUT2D eigenvalue weighted by Gasteiger charge is 2.67. The van der Waals surface area contributed by atoms with Crippen LogP contribution in [0.2, 0.25) is 0 Å². The van der Waals surface area contributed by atoms with Gasteiger partial charge in [0.25, 0.3) is 0 Å². The Bertz CT molecular complexity index is 458. The van der Waals surface area contributed by atoms with Gasteiger partial charge in [-0.15, -0.1) is 0 Å². The lowest BCUT2D eigenvalue weighted by atomic mass is 9.67. The summed E-state index contributed by atoms with van der Waals surface area (Å²) >= 11 is 0. The van der Waals surface area contributed by atoms with Gasteiger partial charge in [0.15, 0.2) is 0 Å². The van der Waals surface area contributed by atoms with Gasteiger partial charge in [-0.1, -0.05) is 13.2 Å². The molecule has 2 aliphatic carbocycles. The predicted octanol–water partition coefficient (Wildman–Crippen LogP) is 2.31. The van der Waals surface area contributed by atoms with Crippen LogP contribution in [-0.2, 0) is 14.3 Å². The second-order valence-electron chi connectivity index (χ2n) is 5.97. The van der Waals surface area contributed by atoms with E-state index in [1.165, 1.54) is 12.5 Å². The fraction of sp³-hybridized carbons (Fsp3) is 0.600. The summed E-state index contributed by atoms with van der Waals surface area (Å²) in [6.07, 6.45) is 5.44. The average molecular weight is 261 g/mol. The van der Waals surface area contributed by atoms with E-state index in [0.29, 0.717) is 18.9 Å². The number of hydrogen-bond acceptors (Lipinski definition) is 4. The lowest BCUT2D eigenvalue weighted by Gasteiger charge is -2.40. The van der Waals surface area contributed by atoms with E-state index in [4.69, 9.17) is 14.9 Å². The lowest BCUT2D eigenvalue weighted by Crippen LogP contribution is -2.42. The van der Waals surface area contributed by atoms with E-state index in [1.807, 2.05) is 0 Å². The largest absolute Gasteiger partial charge is 0.498 e. The summed E-state index contributed by atoms with van der Waals surface area (Å²) in [4.78, 5) is 11.9. The number of ether oxygens (including phenoxy) is 2. The Morgan fingerprint density at radius 1 is 1.63 bits per heavy atom. The third-order valence-corrected chi connectivity index (χ3v) is 5.18. The van der Waals surface area contributed by atoms with E-state index >= 15 is 0 Å². The first-order valence-corrected chi connectivity index (χ1v) is 6.73. The molecule has 3 fully saturated rings. The molecule has 102 valence electrons. The van der Waals surface area contributed by atoms with E-state index in [2.05, 4.69) is 13.2 Å². The maximum Gasteiger partial charge on any atom is 0.309 e. The van der Waals surface area contributed by atoms with Crippen LogP contribution in [0.25, 0.3) is 0 Å². The van der Waals surface area contributed by atoms with Gasteiger partial charge in [-0.25, -0.2) is 0 Å². The number of nitrogens with one attached hydrogen (secondary N) is 1. The molecule has 2 saturated carbocycles. The summed E-state index contributed by atoms with van der Waals surface area (Å²) in [6, 6.07) is 0. The molecule has 0 aromatic carbocycles. The fourth-order valence-electron chi connectivity index (χ4n) is 4.56. The highest BCUT2D eigenvalue weighted by Crippen LogP contribution is 2.65. The van der Waals surface area contributed by atoms with Crippen LogP contribution in [0.5, 0.6) is 0 Å². The highest BCUT2D eigenvalue weighted by molar-refractivity contribution is 5.77. The summed E-state index contributed by atoms with van der Waals surface area (Å²) in [5.41, 5.74) is 0.683. The number of carbonyl (C=O) groups excluding carboxylic acids is 1. The van der Waals surface area contributed by atoms with E-state index in [9.17, 15) is 4.79 Å². The van der Waals surface area contributed by atoms with Crippen molar-refractivity contribution in [1.82, 2.24) is 0 Å². The Labute approximate surface area is 113 Å². The first kappa shape index (κ1) is 12.5. The standard InChI is InChI=1S/C15H19NO3/c1-3-18-12-4-10-6-15(12,5-9(2)7-16)11-8-19-14(17)13(10)11/h3,7,10-13,16H,1-2,4-6,8H2. The summed E-state index contributed by atoms with van der Waals surface area (Å²) in [5.74, 6) is 0.543. The van der Waals surface area contributed by atoms with Gasteiger partial charge in [0.1, 0.15) is 6.10 Å². The Morgan fingerprint density at radius 2 is 2.42 bits per heavy atom. The van der Waals surface area contributed by atoms with Crippen LogP contribution < -0.4 is 0 Å². The molecule has 1 saturated heterocycles. The molecule has 0 amide bonds. The van der Waals surface area contributed by atoms with Gasteiger partial charge in [0.05, 0.1) is 18.8 Å². The molecule has 3 aliphatic rings. The van der Waals surface area contributed by atoms with E-state index in [-0.39, 0.29) is 29.3 Å². The van der Waals surface area contributed by atoms with Crippen LogP contribution in [0.3, 0.4) is 0 Å². The van der Waals surface area contributed by atoms with Gasteiger partial charge >= 0.3 is 5.97 Å². The summed E-state index contributed by atoms with van der Waals surface area (Å²) in [5, 5.41) is 7.36. The van der Waals surface area contributed by atoms with Crippen molar-refractivity contribution < 1.29 is 14.3 Å². The number of hydrogen-bond donors (Lipinski definition) is 1. The number of esters is 1. The maximum absolute atomic E-state index is 11.9. The number of fused-ring (bicyclic) bond motifs is 5. The minimum atomic E-state index is -0.107. The zero-order chi connectivity index (χ0) is 13.6. The first-order chi connectivity index (χ1) is 9.12. The van der Waals surface area contributed by atoms with Crippen molar-refractivity contribution in [3.05, 3.63) is 25.0 Å². The lowest BCUT2D eigenvalue weighted by molar-refractivity contribution is -0.142. The highest BCUT2D eigenvalue weighted by atomic mass is 16.5. The Morgan fingerprint density at radius 3 is 3.11 bits per heavy atom. The molecule has 1 aliphatic heterocycles. The summed E-state index contributed by atoms with van der Waals surface area (Å²) in [7, 11) is 0. The molecular weight excluding hydrogens is 242 g/mol. The maximum atomic E-state index is 11.9. The number of carbonyl (C=O) groups is 1. The summed E-state index contributed by atoms with van der Waals surface area (Å²) < 4.78 is 11.0. The Kier molecular flexibility index (Phi) is 2.77.